The first-order valence-electron chi connectivity index (χ1n) is 13.0. The Labute approximate surface area is 248 Å². The molecule has 2 aromatic carbocycles. The van der Waals surface area contributed by atoms with Crippen LogP contribution in [0.5, 0.6) is 17.2 Å². The molecule has 5 rings (SSSR count). The summed E-state index contributed by atoms with van der Waals surface area (Å²) in [5, 5.41) is 11.3. The molecular formula is C30H27N3O9S. The Balaban J connectivity index is 1.65. The molecule has 4 aromatic rings. The van der Waals surface area contributed by atoms with Crippen LogP contribution in [0.1, 0.15) is 31.2 Å². The predicted octanol–water partition coefficient (Wildman–Crippen LogP) is 3.99. The number of allylic oxidation sites excluding steroid dienone is 1. The molecule has 0 bridgehead atoms. The van der Waals surface area contributed by atoms with E-state index in [1.165, 1.54) is 44.1 Å². The van der Waals surface area contributed by atoms with Gasteiger partial charge in [-0.2, -0.15) is 0 Å². The van der Waals surface area contributed by atoms with Crippen molar-refractivity contribution in [3.63, 3.8) is 0 Å². The van der Waals surface area contributed by atoms with Gasteiger partial charge in [-0.3, -0.25) is 19.5 Å². The van der Waals surface area contributed by atoms with Gasteiger partial charge in [0.15, 0.2) is 16.3 Å². The maximum atomic E-state index is 13.9. The highest BCUT2D eigenvalue weighted by molar-refractivity contribution is 7.07. The van der Waals surface area contributed by atoms with E-state index in [9.17, 15) is 19.7 Å². The van der Waals surface area contributed by atoms with Crippen molar-refractivity contribution in [1.29, 1.82) is 0 Å². The highest BCUT2D eigenvalue weighted by Crippen LogP contribution is 2.37. The van der Waals surface area contributed by atoms with E-state index in [4.69, 9.17) is 23.4 Å². The van der Waals surface area contributed by atoms with E-state index < -0.39 is 22.5 Å². The summed E-state index contributed by atoms with van der Waals surface area (Å²) in [4.78, 5) is 42.9. The third-order valence-corrected chi connectivity index (χ3v) is 7.78. The number of carbonyl (C=O) groups is 1. The molecule has 0 aliphatic carbocycles. The quantitative estimate of drug-likeness (QED) is 0.157. The second-order valence-electron chi connectivity index (χ2n) is 9.26. The third kappa shape index (κ3) is 5.42. The van der Waals surface area contributed by atoms with E-state index in [0.29, 0.717) is 54.9 Å². The van der Waals surface area contributed by atoms with Gasteiger partial charge in [0.25, 0.3) is 11.2 Å². The minimum atomic E-state index is -0.849. The molecule has 0 saturated carbocycles. The number of rotatable bonds is 9. The summed E-state index contributed by atoms with van der Waals surface area (Å²) in [5.74, 6) is 1.38. The lowest BCUT2D eigenvalue weighted by molar-refractivity contribution is -0.384. The molecule has 0 unspecified atom stereocenters. The number of thiazole rings is 1. The van der Waals surface area contributed by atoms with Crippen molar-refractivity contribution in [2.45, 2.75) is 19.9 Å². The zero-order valence-electron chi connectivity index (χ0n) is 23.9. The van der Waals surface area contributed by atoms with Gasteiger partial charge in [0.2, 0.25) is 0 Å². The molecule has 0 fully saturated rings. The molecule has 0 N–H and O–H groups in total. The van der Waals surface area contributed by atoms with E-state index in [0.717, 1.165) is 11.3 Å². The number of furan rings is 1. The Hall–Kier alpha value is -5.17. The van der Waals surface area contributed by atoms with Crippen LogP contribution >= 0.6 is 11.3 Å². The number of ether oxygens (including phenoxy) is 4. The molecule has 3 heterocycles. The maximum Gasteiger partial charge on any atom is 0.338 e. The largest absolute Gasteiger partial charge is 0.496 e. The van der Waals surface area contributed by atoms with Crippen molar-refractivity contribution in [2.24, 2.45) is 4.99 Å². The summed E-state index contributed by atoms with van der Waals surface area (Å²) in [6.45, 7) is 3.55. The monoisotopic (exact) mass is 605 g/mol. The number of benzene rings is 2. The first-order valence-corrected chi connectivity index (χ1v) is 13.9. The van der Waals surface area contributed by atoms with Crippen molar-refractivity contribution >= 4 is 29.1 Å². The number of methoxy groups -OCH3 is 3. The average molecular weight is 606 g/mol. The van der Waals surface area contributed by atoms with E-state index in [2.05, 4.69) is 4.99 Å². The van der Waals surface area contributed by atoms with Crippen LogP contribution in [0.4, 0.5) is 5.69 Å². The van der Waals surface area contributed by atoms with E-state index in [1.54, 1.807) is 50.3 Å². The van der Waals surface area contributed by atoms with E-state index in [-0.39, 0.29) is 17.9 Å². The van der Waals surface area contributed by atoms with Crippen LogP contribution in [-0.4, -0.2) is 43.4 Å². The molecule has 1 atom stereocenters. The Morgan fingerprint density at radius 3 is 2.47 bits per heavy atom. The topological polar surface area (TPSA) is 145 Å². The fourth-order valence-electron chi connectivity index (χ4n) is 4.84. The highest BCUT2D eigenvalue weighted by Gasteiger charge is 2.34. The average Bonchev–Trinajstić information content (AvgIpc) is 3.59. The molecular weight excluding hydrogens is 578 g/mol. The number of hydrogen-bond acceptors (Lipinski definition) is 11. The smallest absolute Gasteiger partial charge is 0.338 e. The number of carbonyl (C=O) groups excluding carboxylic acids is 1. The lowest BCUT2D eigenvalue weighted by atomic mass is 9.95. The fraction of sp³-hybridized carbons (Fsp3) is 0.233. The Kier molecular flexibility index (Phi) is 8.17. The van der Waals surface area contributed by atoms with Crippen LogP contribution in [0, 0.1) is 10.1 Å². The zero-order chi connectivity index (χ0) is 30.8. The summed E-state index contributed by atoms with van der Waals surface area (Å²) < 4.78 is 29.3. The van der Waals surface area contributed by atoms with Crippen LogP contribution in [0.25, 0.3) is 17.4 Å². The normalized spacial score (nSPS) is 14.6. The highest BCUT2D eigenvalue weighted by atomic mass is 32.1. The van der Waals surface area contributed by atoms with Gasteiger partial charge < -0.3 is 23.4 Å². The van der Waals surface area contributed by atoms with Crippen molar-refractivity contribution in [3.05, 3.63) is 101 Å². The summed E-state index contributed by atoms with van der Waals surface area (Å²) in [7, 11) is 4.47. The number of nitro benzene ring substituents is 1. The Morgan fingerprint density at radius 2 is 1.79 bits per heavy atom. The van der Waals surface area contributed by atoms with Gasteiger partial charge in [-0.25, -0.2) is 9.79 Å². The molecule has 0 spiro atoms. The number of fused-ring (bicyclic) bond motifs is 1. The molecule has 1 aliphatic heterocycles. The molecule has 13 heteroatoms. The number of non-ortho nitro benzene ring substituents is 1. The number of hydrogen-bond donors (Lipinski definition) is 0. The van der Waals surface area contributed by atoms with Gasteiger partial charge >= 0.3 is 5.97 Å². The van der Waals surface area contributed by atoms with Crippen LogP contribution in [0.15, 0.2) is 74.0 Å². The van der Waals surface area contributed by atoms with Crippen LogP contribution in [-0.2, 0) is 9.53 Å². The van der Waals surface area contributed by atoms with Crippen LogP contribution in [0.2, 0.25) is 0 Å². The molecule has 43 heavy (non-hydrogen) atoms. The Bertz CT molecular complexity index is 1950. The SMILES string of the molecule is CCOC(=O)C1=C(C)N=c2s/c(=C/c3ccc(-c4cc([N+](=O)[O-])ccc4OC)o3)c(=O)n2[C@@H]1c1ccc(OC)c(OC)c1. The molecule has 0 amide bonds. The molecule has 0 radical (unpaired) electrons. The van der Waals surface area contributed by atoms with Crippen LogP contribution in [0.3, 0.4) is 0 Å². The molecule has 222 valence electrons. The van der Waals surface area contributed by atoms with Crippen molar-refractivity contribution in [2.75, 3.05) is 27.9 Å². The lowest BCUT2D eigenvalue weighted by Crippen LogP contribution is -2.39. The van der Waals surface area contributed by atoms with Crippen molar-refractivity contribution < 1.29 is 33.1 Å². The van der Waals surface area contributed by atoms with Gasteiger partial charge in [0, 0.05) is 18.2 Å². The zero-order valence-corrected chi connectivity index (χ0v) is 24.7. The minimum absolute atomic E-state index is 0.120. The maximum absolute atomic E-state index is 13.9. The number of nitrogens with zero attached hydrogens (tertiary/aromatic N) is 3. The first kappa shape index (κ1) is 29.3. The second kappa shape index (κ2) is 12.0. The third-order valence-electron chi connectivity index (χ3n) is 6.80. The first-order chi connectivity index (χ1) is 20.7. The van der Waals surface area contributed by atoms with Gasteiger partial charge in [0.1, 0.15) is 17.3 Å². The molecule has 1 aliphatic rings. The van der Waals surface area contributed by atoms with Crippen molar-refractivity contribution in [1.82, 2.24) is 4.57 Å². The number of esters is 1. The predicted molar refractivity (Wildman–Crippen MR) is 157 cm³/mol. The Morgan fingerprint density at radius 1 is 1.07 bits per heavy atom. The van der Waals surface area contributed by atoms with Crippen molar-refractivity contribution in [3.8, 4) is 28.6 Å². The van der Waals surface area contributed by atoms with Gasteiger partial charge in [-0.15, -0.1) is 0 Å². The number of aromatic nitrogens is 1. The van der Waals surface area contributed by atoms with Gasteiger partial charge in [0.05, 0.1) is 60.3 Å². The lowest BCUT2D eigenvalue weighted by Gasteiger charge is -2.25. The molecule has 0 saturated heterocycles. The summed E-state index contributed by atoms with van der Waals surface area (Å²) in [5.41, 5.74) is 1.12. The summed E-state index contributed by atoms with van der Waals surface area (Å²) in [6, 6.07) is 11.8. The molecule has 12 nitrogen and oxygen atoms in total. The fourth-order valence-corrected chi connectivity index (χ4v) is 5.86. The van der Waals surface area contributed by atoms with Gasteiger partial charge in [-0.05, 0) is 49.7 Å². The molecule has 2 aromatic heterocycles. The number of nitro groups is 1. The summed E-state index contributed by atoms with van der Waals surface area (Å²) in [6.07, 6.45) is 1.56. The van der Waals surface area contributed by atoms with Gasteiger partial charge in [-0.1, -0.05) is 17.4 Å². The standard InChI is InChI=1S/C30H27N3O9S/c1-6-41-29(35)26-16(2)31-30-32(27(26)17-7-10-23(39-4)24(13-17)40-5)28(34)25(43-30)15-19-9-12-22(42-19)20-14-18(33(36)37)8-11-21(20)38-3/h7-15,27H,6H2,1-5H3/b25-15+/t27-/m1/s1. The van der Waals surface area contributed by atoms with E-state index >= 15 is 0 Å². The summed E-state index contributed by atoms with van der Waals surface area (Å²) >= 11 is 1.13. The minimum Gasteiger partial charge on any atom is -0.496 e. The second-order valence-corrected chi connectivity index (χ2v) is 10.3. The van der Waals surface area contributed by atoms with E-state index in [1.807, 2.05) is 0 Å². The van der Waals surface area contributed by atoms with Crippen LogP contribution < -0.4 is 29.1 Å².